The van der Waals surface area contributed by atoms with Crippen LogP contribution in [0.3, 0.4) is 0 Å². The molecule has 0 N–H and O–H groups in total. The van der Waals surface area contributed by atoms with Gasteiger partial charge in [-0.2, -0.15) is 0 Å². The van der Waals surface area contributed by atoms with Crippen LogP contribution in [0.25, 0.3) is 0 Å². The molecule has 3 atom stereocenters. The molecule has 0 aromatic heterocycles. The summed E-state index contributed by atoms with van der Waals surface area (Å²) in [7, 11) is 0. The molecule has 1 aliphatic heterocycles. The van der Waals surface area contributed by atoms with Crippen molar-refractivity contribution in [2.75, 3.05) is 13.2 Å². The van der Waals surface area contributed by atoms with Gasteiger partial charge in [0.1, 0.15) is 0 Å². The summed E-state index contributed by atoms with van der Waals surface area (Å²) in [6.07, 6.45) is 9.90. The third kappa shape index (κ3) is 2.25. The maximum Gasteiger partial charge on any atom is 0.157 e. The van der Waals surface area contributed by atoms with E-state index in [4.69, 9.17) is 9.47 Å². The first kappa shape index (κ1) is 12.7. The monoisotopic (exact) mass is 250 g/mol. The summed E-state index contributed by atoms with van der Waals surface area (Å²) < 4.78 is 11.5. The third-order valence-electron chi connectivity index (χ3n) is 5.42. The van der Waals surface area contributed by atoms with E-state index in [1.165, 1.54) is 25.7 Å². The Bertz CT molecular complexity index is 326. The van der Waals surface area contributed by atoms with Gasteiger partial charge in [0.25, 0.3) is 0 Å². The molecular weight excluding hydrogens is 224 g/mol. The van der Waals surface area contributed by atoms with E-state index in [0.29, 0.717) is 5.41 Å². The van der Waals surface area contributed by atoms with E-state index in [9.17, 15) is 0 Å². The molecule has 2 heteroatoms. The highest BCUT2D eigenvalue weighted by Crippen LogP contribution is 2.59. The lowest BCUT2D eigenvalue weighted by Crippen LogP contribution is -2.48. The second-order valence-corrected chi connectivity index (χ2v) is 6.74. The molecule has 0 spiro atoms. The summed E-state index contributed by atoms with van der Waals surface area (Å²) in [6.45, 7) is 6.59. The van der Waals surface area contributed by atoms with Crippen molar-refractivity contribution in [3.8, 4) is 0 Å². The van der Waals surface area contributed by atoms with E-state index in [0.717, 1.165) is 37.9 Å². The fraction of sp³-hybridized carbons (Fsp3) is 0.875. The maximum absolute atomic E-state index is 5.86. The van der Waals surface area contributed by atoms with Gasteiger partial charge in [-0.1, -0.05) is 25.5 Å². The fourth-order valence-corrected chi connectivity index (χ4v) is 3.91. The summed E-state index contributed by atoms with van der Waals surface area (Å²) in [6, 6.07) is 0. The van der Waals surface area contributed by atoms with Gasteiger partial charge in [-0.25, -0.2) is 0 Å². The van der Waals surface area contributed by atoms with Crippen LogP contribution in [0.1, 0.15) is 52.4 Å². The van der Waals surface area contributed by atoms with E-state index in [2.05, 4.69) is 19.9 Å². The van der Waals surface area contributed by atoms with Crippen molar-refractivity contribution in [3.05, 3.63) is 11.6 Å². The number of rotatable bonds is 4. The van der Waals surface area contributed by atoms with E-state index in [1.54, 1.807) is 5.57 Å². The van der Waals surface area contributed by atoms with Gasteiger partial charge in [0.2, 0.25) is 0 Å². The average molecular weight is 250 g/mol. The normalized spacial score (nSPS) is 37.9. The Morgan fingerprint density at radius 2 is 2.28 bits per heavy atom. The number of ether oxygens (including phenoxy) is 2. The van der Waals surface area contributed by atoms with Gasteiger partial charge in [-0.3, -0.25) is 0 Å². The van der Waals surface area contributed by atoms with Crippen LogP contribution in [0.2, 0.25) is 0 Å². The molecule has 4 rings (SSSR count). The van der Waals surface area contributed by atoms with Crippen molar-refractivity contribution in [1.82, 2.24) is 0 Å². The van der Waals surface area contributed by atoms with E-state index in [1.807, 2.05) is 0 Å². The van der Waals surface area contributed by atoms with Crippen LogP contribution in [0.5, 0.6) is 0 Å². The smallest absolute Gasteiger partial charge is 0.157 e. The molecule has 4 aliphatic rings. The molecule has 1 saturated heterocycles. The largest absolute Gasteiger partial charge is 0.353 e. The molecular formula is C16H26O2. The second-order valence-electron chi connectivity index (χ2n) is 6.74. The van der Waals surface area contributed by atoms with Crippen molar-refractivity contribution in [2.24, 2.45) is 17.3 Å². The van der Waals surface area contributed by atoms with Crippen LogP contribution in [-0.2, 0) is 9.47 Å². The minimum absolute atomic E-state index is 0.0742. The molecule has 2 bridgehead atoms. The number of fused-ring (bicyclic) bond motifs is 1. The summed E-state index contributed by atoms with van der Waals surface area (Å²) in [4.78, 5) is 0. The molecule has 1 unspecified atom stereocenters. The topological polar surface area (TPSA) is 18.5 Å². The Kier molecular flexibility index (Phi) is 3.50. The second kappa shape index (κ2) is 4.97. The number of hydrogen-bond acceptors (Lipinski definition) is 2. The molecule has 0 radical (unpaired) electrons. The minimum Gasteiger partial charge on any atom is -0.353 e. The zero-order valence-corrected chi connectivity index (χ0v) is 11.8. The summed E-state index contributed by atoms with van der Waals surface area (Å²) in [5, 5.41) is 0. The first-order valence-electron chi connectivity index (χ1n) is 7.60. The van der Waals surface area contributed by atoms with E-state index >= 15 is 0 Å². The quantitative estimate of drug-likeness (QED) is 0.704. The molecule has 1 heterocycles. The highest BCUT2D eigenvalue weighted by Gasteiger charge is 2.50. The molecule has 2 nitrogen and oxygen atoms in total. The molecule has 0 aromatic rings. The van der Waals surface area contributed by atoms with Gasteiger partial charge in [-0.15, -0.1) is 0 Å². The Hall–Kier alpha value is -0.340. The predicted molar refractivity (Wildman–Crippen MR) is 72.2 cm³/mol. The van der Waals surface area contributed by atoms with Crippen molar-refractivity contribution in [3.63, 3.8) is 0 Å². The molecule has 3 aliphatic carbocycles. The first-order valence-corrected chi connectivity index (χ1v) is 7.60. The van der Waals surface area contributed by atoms with Gasteiger partial charge in [0.05, 0.1) is 6.61 Å². The van der Waals surface area contributed by atoms with Crippen molar-refractivity contribution >= 4 is 0 Å². The summed E-state index contributed by atoms with van der Waals surface area (Å²) in [5.74, 6) is 1.76. The molecule has 0 aromatic carbocycles. The van der Waals surface area contributed by atoms with Crippen molar-refractivity contribution in [1.29, 1.82) is 0 Å². The number of hydrogen-bond donors (Lipinski definition) is 0. The van der Waals surface area contributed by atoms with Crippen LogP contribution in [0.15, 0.2) is 11.6 Å². The van der Waals surface area contributed by atoms with Gasteiger partial charge in [-0.05, 0) is 55.8 Å². The highest BCUT2D eigenvalue weighted by atomic mass is 16.7. The predicted octanol–water partition coefficient (Wildman–Crippen LogP) is 3.91. The summed E-state index contributed by atoms with van der Waals surface area (Å²) in [5.41, 5.74) is 2.20. The molecule has 0 amide bonds. The Balaban J connectivity index is 1.45. The lowest BCUT2D eigenvalue weighted by atomic mass is 9.48. The number of allylic oxidation sites excluding steroid dienone is 1. The maximum atomic E-state index is 5.86. The van der Waals surface area contributed by atoms with Crippen molar-refractivity contribution < 1.29 is 9.47 Å². The van der Waals surface area contributed by atoms with Gasteiger partial charge in [0.15, 0.2) is 6.29 Å². The van der Waals surface area contributed by atoms with Crippen LogP contribution in [0.4, 0.5) is 0 Å². The molecule has 102 valence electrons. The van der Waals surface area contributed by atoms with Crippen LogP contribution in [-0.4, -0.2) is 19.5 Å². The fourth-order valence-electron chi connectivity index (χ4n) is 3.91. The lowest BCUT2D eigenvalue weighted by molar-refractivity contribution is -0.162. The SMILES string of the molecule is CC1(C)[C@H]2CC=C(CCOC3CCCCO3)[C@@H]1C2. The standard InChI is InChI=1S/C16H26O2/c1-16(2)13-7-6-12(14(16)11-13)8-10-18-15-5-3-4-9-17-15/h6,13-15H,3-5,7-11H2,1-2H3/t13-,14-,15?/m0/s1. The Morgan fingerprint density at radius 1 is 1.39 bits per heavy atom. The van der Waals surface area contributed by atoms with E-state index in [-0.39, 0.29) is 6.29 Å². The minimum atomic E-state index is 0.0742. The van der Waals surface area contributed by atoms with Crippen LogP contribution in [0, 0.1) is 17.3 Å². The lowest BCUT2D eigenvalue weighted by Gasteiger charge is -2.56. The molecule has 1 saturated carbocycles. The first-order chi connectivity index (χ1) is 8.68. The Labute approximate surface area is 111 Å². The van der Waals surface area contributed by atoms with Crippen LogP contribution < -0.4 is 0 Å². The molecule has 2 fully saturated rings. The van der Waals surface area contributed by atoms with Gasteiger partial charge >= 0.3 is 0 Å². The third-order valence-corrected chi connectivity index (χ3v) is 5.42. The van der Waals surface area contributed by atoms with Gasteiger partial charge in [0, 0.05) is 6.61 Å². The van der Waals surface area contributed by atoms with Crippen molar-refractivity contribution in [2.45, 2.75) is 58.7 Å². The molecule has 18 heavy (non-hydrogen) atoms. The Morgan fingerprint density at radius 3 is 2.94 bits per heavy atom. The zero-order chi connectivity index (χ0) is 12.6. The highest BCUT2D eigenvalue weighted by molar-refractivity contribution is 5.23. The van der Waals surface area contributed by atoms with Crippen LogP contribution >= 0.6 is 0 Å². The average Bonchev–Trinajstić information content (AvgIpc) is 2.40. The zero-order valence-electron chi connectivity index (χ0n) is 11.8. The summed E-state index contributed by atoms with van der Waals surface area (Å²) >= 11 is 0. The van der Waals surface area contributed by atoms with E-state index < -0.39 is 0 Å². The van der Waals surface area contributed by atoms with Gasteiger partial charge < -0.3 is 9.47 Å².